The smallest absolute Gasteiger partial charge is 0.328 e. The van der Waals surface area contributed by atoms with Crippen LogP contribution in [0.1, 0.15) is 12.5 Å². The number of halogens is 2. The van der Waals surface area contributed by atoms with Gasteiger partial charge in [-0.3, -0.25) is 0 Å². The maximum absolute atomic E-state index is 13.3. The highest BCUT2D eigenvalue weighted by atomic mass is 19.1. The topological polar surface area (TPSA) is 37.3 Å². The Hall–Kier alpha value is -1.97. The lowest BCUT2D eigenvalue weighted by atomic mass is 10.1. The Bertz CT molecular complexity index is 462. The highest BCUT2D eigenvalue weighted by molar-refractivity contribution is 5.80. The molecule has 0 heterocycles. The van der Waals surface area contributed by atoms with Gasteiger partial charge in [0.15, 0.2) is 0 Å². The highest BCUT2D eigenvalue weighted by Crippen LogP contribution is 2.18. The summed E-state index contributed by atoms with van der Waals surface area (Å²) in [6.45, 7) is 1.61. The van der Waals surface area contributed by atoms with Crippen LogP contribution in [-0.2, 0) is 4.79 Å². The van der Waals surface area contributed by atoms with Crippen molar-refractivity contribution in [2.75, 3.05) is 0 Å². The molecular formula is C12H10F2O2. The molecule has 0 radical (unpaired) electrons. The first kappa shape index (κ1) is 12.1. The Labute approximate surface area is 91.5 Å². The zero-order valence-corrected chi connectivity index (χ0v) is 8.58. The summed E-state index contributed by atoms with van der Waals surface area (Å²) in [6, 6.07) is 3.25. The molecule has 1 rings (SSSR count). The number of allylic oxidation sites excluding steroid dienone is 3. The molecule has 0 spiro atoms. The molecule has 0 aliphatic heterocycles. The molecule has 0 fully saturated rings. The molecule has 1 N–H and O–H groups in total. The van der Waals surface area contributed by atoms with Gasteiger partial charge in [-0.25, -0.2) is 13.6 Å². The number of rotatable bonds is 3. The van der Waals surface area contributed by atoms with Gasteiger partial charge in [0.1, 0.15) is 11.6 Å². The minimum Gasteiger partial charge on any atom is -0.478 e. The van der Waals surface area contributed by atoms with Crippen molar-refractivity contribution >= 4 is 11.5 Å². The molecule has 0 atom stereocenters. The second kappa shape index (κ2) is 5.21. The zero-order valence-electron chi connectivity index (χ0n) is 8.58. The number of hydrogen-bond acceptors (Lipinski definition) is 1. The van der Waals surface area contributed by atoms with Gasteiger partial charge in [-0.15, -0.1) is 0 Å². The molecule has 0 unspecified atom stereocenters. The predicted molar refractivity (Wildman–Crippen MR) is 56.8 cm³/mol. The third-order valence-corrected chi connectivity index (χ3v) is 1.94. The molecule has 2 nitrogen and oxygen atoms in total. The van der Waals surface area contributed by atoms with Crippen LogP contribution in [0.25, 0.3) is 5.57 Å². The van der Waals surface area contributed by atoms with Gasteiger partial charge in [-0.05, 0) is 24.6 Å². The fourth-order valence-corrected chi connectivity index (χ4v) is 1.17. The van der Waals surface area contributed by atoms with Gasteiger partial charge in [-0.1, -0.05) is 12.2 Å². The number of aliphatic carboxylic acids is 1. The lowest BCUT2D eigenvalue weighted by Crippen LogP contribution is -1.88. The summed E-state index contributed by atoms with van der Waals surface area (Å²) in [7, 11) is 0. The Balaban J connectivity index is 2.96. The summed E-state index contributed by atoms with van der Waals surface area (Å²) >= 11 is 0. The second-order valence-corrected chi connectivity index (χ2v) is 3.17. The number of carbonyl (C=O) groups is 1. The lowest BCUT2D eigenvalue weighted by Gasteiger charge is -2.02. The maximum atomic E-state index is 13.3. The number of benzene rings is 1. The first-order valence-electron chi connectivity index (χ1n) is 4.54. The van der Waals surface area contributed by atoms with Crippen LogP contribution < -0.4 is 0 Å². The van der Waals surface area contributed by atoms with Gasteiger partial charge in [-0.2, -0.15) is 0 Å². The summed E-state index contributed by atoms with van der Waals surface area (Å²) in [6.07, 6.45) is 3.68. The second-order valence-electron chi connectivity index (χ2n) is 3.17. The first-order valence-corrected chi connectivity index (χ1v) is 4.54. The fraction of sp³-hybridized carbons (Fsp3) is 0.0833. The van der Waals surface area contributed by atoms with Crippen LogP contribution in [0.5, 0.6) is 0 Å². The van der Waals surface area contributed by atoms with Crippen LogP contribution in [0.4, 0.5) is 8.78 Å². The maximum Gasteiger partial charge on any atom is 0.328 e. The number of hydrogen-bond donors (Lipinski definition) is 1. The molecule has 0 bridgehead atoms. The van der Waals surface area contributed by atoms with Gasteiger partial charge >= 0.3 is 5.97 Å². The molecule has 0 amide bonds. The quantitative estimate of drug-likeness (QED) is 0.633. The average Bonchev–Trinajstić information content (AvgIpc) is 2.16. The minimum atomic E-state index is -1.08. The third-order valence-electron chi connectivity index (χ3n) is 1.94. The molecular weight excluding hydrogens is 214 g/mol. The van der Waals surface area contributed by atoms with Crippen LogP contribution in [0.15, 0.2) is 36.4 Å². The van der Waals surface area contributed by atoms with Gasteiger partial charge in [0.25, 0.3) is 0 Å². The molecule has 84 valence electrons. The summed E-state index contributed by atoms with van der Waals surface area (Å²) in [5, 5.41) is 8.35. The van der Waals surface area contributed by atoms with Crippen molar-refractivity contribution in [1.29, 1.82) is 0 Å². The van der Waals surface area contributed by atoms with E-state index in [-0.39, 0.29) is 5.56 Å². The first-order chi connectivity index (χ1) is 7.50. The van der Waals surface area contributed by atoms with E-state index >= 15 is 0 Å². The van der Waals surface area contributed by atoms with E-state index in [0.717, 1.165) is 18.2 Å². The van der Waals surface area contributed by atoms with Crippen molar-refractivity contribution < 1.29 is 18.7 Å². The van der Waals surface area contributed by atoms with Crippen molar-refractivity contribution in [1.82, 2.24) is 0 Å². The van der Waals surface area contributed by atoms with Gasteiger partial charge in [0, 0.05) is 17.7 Å². The van der Waals surface area contributed by atoms with Crippen LogP contribution in [0, 0.1) is 11.6 Å². The Kier molecular flexibility index (Phi) is 3.94. The van der Waals surface area contributed by atoms with E-state index in [1.165, 1.54) is 18.2 Å². The summed E-state index contributed by atoms with van der Waals surface area (Å²) in [5.41, 5.74) is 0.770. The third kappa shape index (κ3) is 3.31. The molecule has 1 aromatic carbocycles. The van der Waals surface area contributed by atoms with Crippen molar-refractivity contribution in [3.8, 4) is 0 Å². The van der Waals surface area contributed by atoms with Crippen LogP contribution in [0.2, 0.25) is 0 Å². The monoisotopic (exact) mass is 224 g/mol. The predicted octanol–water partition coefficient (Wildman–Crippen LogP) is 3.01. The van der Waals surface area contributed by atoms with E-state index in [4.69, 9.17) is 5.11 Å². The molecule has 0 aromatic heterocycles. The molecule has 0 aliphatic carbocycles. The van der Waals surface area contributed by atoms with E-state index in [1.54, 1.807) is 6.92 Å². The van der Waals surface area contributed by atoms with Crippen molar-refractivity contribution in [3.63, 3.8) is 0 Å². The molecule has 1 aromatic rings. The largest absolute Gasteiger partial charge is 0.478 e. The Morgan fingerprint density at radius 2 is 2.06 bits per heavy atom. The van der Waals surface area contributed by atoms with Crippen LogP contribution >= 0.6 is 0 Å². The fourth-order valence-electron chi connectivity index (χ4n) is 1.17. The van der Waals surface area contributed by atoms with Crippen LogP contribution in [0.3, 0.4) is 0 Å². The highest BCUT2D eigenvalue weighted by Gasteiger charge is 2.04. The van der Waals surface area contributed by atoms with E-state index in [9.17, 15) is 13.6 Å². The van der Waals surface area contributed by atoms with Crippen LogP contribution in [-0.4, -0.2) is 11.1 Å². The molecule has 0 saturated carbocycles. The average molecular weight is 224 g/mol. The molecule has 16 heavy (non-hydrogen) atoms. The van der Waals surface area contributed by atoms with E-state index < -0.39 is 17.6 Å². The van der Waals surface area contributed by atoms with Gasteiger partial charge in [0.05, 0.1) is 0 Å². The Morgan fingerprint density at radius 3 is 2.62 bits per heavy atom. The van der Waals surface area contributed by atoms with Crippen molar-refractivity contribution in [2.45, 2.75) is 6.92 Å². The van der Waals surface area contributed by atoms with E-state index in [1.807, 2.05) is 0 Å². The summed E-state index contributed by atoms with van der Waals surface area (Å²) < 4.78 is 25.9. The SMILES string of the molecule is C/C(=C\C=C\C(=O)O)c1ccc(F)cc1F. The summed E-state index contributed by atoms with van der Waals surface area (Å²) in [4.78, 5) is 10.2. The molecule has 4 heteroatoms. The van der Waals surface area contributed by atoms with E-state index in [2.05, 4.69) is 0 Å². The zero-order chi connectivity index (χ0) is 12.1. The Morgan fingerprint density at radius 1 is 1.38 bits per heavy atom. The lowest BCUT2D eigenvalue weighted by molar-refractivity contribution is -0.131. The van der Waals surface area contributed by atoms with Gasteiger partial charge < -0.3 is 5.11 Å². The summed E-state index contributed by atoms with van der Waals surface area (Å²) in [5.74, 6) is -2.39. The van der Waals surface area contributed by atoms with E-state index in [0.29, 0.717) is 5.57 Å². The van der Waals surface area contributed by atoms with Gasteiger partial charge in [0.2, 0.25) is 0 Å². The normalized spacial score (nSPS) is 12.1. The van der Waals surface area contributed by atoms with Crippen molar-refractivity contribution in [2.24, 2.45) is 0 Å². The standard InChI is InChI=1S/C12H10F2O2/c1-8(3-2-4-12(15)16)10-6-5-9(13)7-11(10)14/h2-7H,1H3,(H,15,16)/b4-2+,8-3+. The number of carboxylic acids is 1. The van der Waals surface area contributed by atoms with Crippen molar-refractivity contribution in [3.05, 3.63) is 53.6 Å². The molecule has 0 saturated heterocycles. The number of carboxylic acid groups (broad SMARTS) is 1. The minimum absolute atomic E-state index is 0.247. The molecule has 0 aliphatic rings.